The molecular weight excluding hydrogens is 474 g/mol. The van der Waals surface area contributed by atoms with E-state index in [1.54, 1.807) is 0 Å². The van der Waals surface area contributed by atoms with Gasteiger partial charge in [-0.1, -0.05) is 71.4 Å². The maximum atomic E-state index is 2.24. The molecule has 0 atom stereocenters. The fourth-order valence-electron chi connectivity index (χ4n) is 3.64. The van der Waals surface area contributed by atoms with E-state index in [4.69, 9.17) is 0 Å². The molecule has 6 rings (SSSR count). The van der Waals surface area contributed by atoms with Gasteiger partial charge in [0.1, 0.15) is 0 Å². The summed E-state index contributed by atoms with van der Waals surface area (Å²) in [5.41, 5.74) is 0. The van der Waals surface area contributed by atoms with Gasteiger partial charge in [0.15, 0.2) is 0 Å². The van der Waals surface area contributed by atoms with Crippen LogP contribution in [0.4, 0.5) is 0 Å². The first-order valence-corrected chi connectivity index (χ1v) is 8.95. The van der Waals surface area contributed by atoms with E-state index in [1.807, 2.05) is 0 Å². The van der Waals surface area contributed by atoms with Crippen LogP contribution in [0.1, 0.15) is 0 Å². The Bertz CT molecular complexity index is 1140. The SMILES string of the molecule is [Cl-].[Cl-].[Zr+4].c1ccc2cc3[cH-]ccc3cc2c1.c1ccc2cc3[cH-]ccc3cc2c1. The van der Waals surface area contributed by atoms with E-state index < -0.39 is 0 Å². The van der Waals surface area contributed by atoms with E-state index in [1.165, 1.54) is 43.1 Å². The van der Waals surface area contributed by atoms with Gasteiger partial charge in [0.2, 0.25) is 0 Å². The molecule has 0 spiro atoms. The van der Waals surface area contributed by atoms with E-state index >= 15 is 0 Å². The molecule has 0 aromatic heterocycles. The van der Waals surface area contributed by atoms with Crippen molar-refractivity contribution < 1.29 is 51.0 Å². The minimum Gasteiger partial charge on any atom is -1.00 e. The van der Waals surface area contributed by atoms with Gasteiger partial charge in [0.05, 0.1) is 0 Å². The van der Waals surface area contributed by atoms with Crippen LogP contribution >= 0.6 is 0 Å². The summed E-state index contributed by atoms with van der Waals surface area (Å²) >= 11 is 0. The zero-order valence-corrected chi connectivity index (χ0v) is 19.6. The summed E-state index contributed by atoms with van der Waals surface area (Å²) in [4.78, 5) is 0. The van der Waals surface area contributed by atoms with Crippen LogP contribution in [-0.2, 0) is 26.2 Å². The van der Waals surface area contributed by atoms with Crippen LogP contribution in [0.3, 0.4) is 0 Å². The van der Waals surface area contributed by atoms with E-state index in [0.29, 0.717) is 0 Å². The minimum absolute atomic E-state index is 0. The average Bonchev–Trinajstić information content (AvgIpc) is 3.33. The summed E-state index contributed by atoms with van der Waals surface area (Å²) in [7, 11) is 0. The molecule has 0 amide bonds. The molecule has 0 radical (unpaired) electrons. The van der Waals surface area contributed by atoms with Crippen molar-refractivity contribution in [2.45, 2.75) is 0 Å². The average molecular weight is 493 g/mol. The molecule has 0 saturated heterocycles. The van der Waals surface area contributed by atoms with Crippen LogP contribution in [0.15, 0.2) is 109 Å². The van der Waals surface area contributed by atoms with Crippen molar-refractivity contribution in [3.05, 3.63) is 109 Å². The summed E-state index contributed by atoms with van der Waals surface area (Å²) in [6, 6.07) is 38.7. The second-order valence-corrected chi connectivity index (χ2v) is 6.71. The molecule has 0 aliphatic rings. The van der Waals surface area contributed by atoms with Gasteiger partial charge in [-0.3, -0.25) is 0 Å². The molecular formula is C26H18Cl2Zr. The maximum Gasteiger partial charge on any atom is 4.00 e. The van der Waals surface area contributed by atoms with Crippen molar-refractivity contribution >= 4 is 43.1 Å². The molecule has 0 saturated carbocycles. The Kier molecular flexibility index (Phi) is 8.23. The minimum atomic E-state index is 0. The first-order valence-electron chi connectivity index (χ1n) is 8.95. The zero-order valence-electron chi connectivity index (χ0n) is 15.6. The predicted molar refractivity (Wildman–Crippen MR) is 114 cm³/mol. The van der Waals surface area contributed by atoms with Crippen molar-refractivity contribution in [1.29, 1.82) is 0 Å². The van der Waals surface area contributed by atoms with Crippen LogP contribution in [0.5, 0.6) is 0 Å². The molecule has 0 bridgehead atoms. The Morgan fingerprint density at radius 2 is 0.759 bits per heavy atom. The van der Waals surface area contributed by atoms with Gasteiger partial charge in [0, 0.05) is 0 Å². The van der Waals surface area contributed by atoms with Gasteiger partial charge < -0.3 is 24.8 Å². The van der Waals surface area contributed by atoms with Crippen LogP contribution in [0, 0.1) is 0 Å². The van der Waals surface area contributed by atoms with E-state index in [0.717, 1.165) is 0 Å². The van der Waals surface area contributed by atoms with Crippen molar-refractivity contribution in [1.82, 2.24) is 0 Å². The molecule has 0 aliphatic heterocycles. The third-order valence-corrected chi connectivity index (χ3v) is 5.01. The molecule has 0 N–H and O–H groups in total. The number of fused-ring (bicyclic) bond motifs is 4. The zero-order chi connectivity index (χ0) is 17.3. The summed E-state index contributed by atoms with van der Waals surface area (Å²) in [6.07, 6.45) is 0. The molecule has 0 fully saturated rings. The van der Waals surface area contributed by atoms with Crippen molar-refractivity contribution in [3.8, 4) is 0 Å². The second kappa shape index (κ2) is 10.2. The quantitative estimate of drug-likeness (QED) is 0.282. The topological polar surface area (TPSA) is 0 Å². The predicted octanol–water partition coefficient (Wildman–Crippen LogP) is 1.43. The van der Waals surface area contributed by atoms with Crippen LogP contribution in [-0.4, -0.2) is 0 Å². The molecule has 6 aromatic rings. The van der Waals surface area contributed by atoms with E-state index in [9.17, 15) is 0 Å². The Balaban J connectivity index is 0.000000187. The first kappa shape index (κ1) is 23.4. The van der Waals surface area contributed by atoms with Gasteiger partial charge in [-0.15, -0.1) is 45.8 Å². The van der Waals surface area contributed by atoms with Gasteiger partial charge in [-0.05, 0) is 10.8 Å². The number of hydrogen-bond acceptors (Lipinski definition) is 0. The largest absolute Gasteiger partial charge is 4.00 e. The Hall–Kier alpha value is -1.92. The summed E-state index contributed by atoms with van der Waals surface area (Å²) in [5, 5.41) is 10.6. The summed E-state index contributed by atoms with van der Waals surface area (Å²) in [6.45, 7) is 0. The van der Waals surface area contributed by atoms with Crippen molar-refractivity contribution in [2.75, 3.05) is 0 Å². The molecule has 0 nitrogen and oxygen atoms in total. The van der Waals surface area contributed by atoms with E-state index in [2.05, 4.69) is 109 Å². The first-order chi connectivity index (χ1) is 12.9. The number of halogens is 2. The summed E-state index contributed by atoms with van der Waals surface area (Å²) in [5.74, 6) is 0. The smallest absolute Gasteiger partial charge is 1.00 e. The van der Waals surface area contributed by atoms with Gasteiger partial charge in [-0.25, -0.2) is 0 Å². The second-order valence-electron chi connectivity index (χ2n) is 6.71. The van der Waals surface area contributed by atoms with Gasteiger partial charge in [-0.2, -0.15) is 24.3 Å². The van der Waals surface area contributed by atoms with Crippen LogP contribution < -0.4 is 24.8 Å². The molecule has 140 valence electrons. The van der Waals surface area contributed by atoms with Crippen molar-refractivity contribution in [3.63, 3.8) is 0 Å². The molecule has 3 heteroatoms. The van der Waals surface area contributed by atoms with Gasteiger partial charge in [0.25, 0.3) is 0 Å². The molecule has 0 heterocycles. The fourth-order valence-corrected chi connectivity index (χ4v) is 3.64. The van der Waals surface area contributed by atoms with Crippen LogP contribution in [0.2, 0.25) is 0 Å². The van der Waals surface area contributed by atoms with Crippen molar-refractivity contribution in [2.24, 2.45) is 0 Å². The third-order valence-electron chi connectivity index (χ3n) is 5.01. The standard InChI is InChI=1S/2C13H9.2ClH.Zr/c2*1-2-5-11-9-13-7-3-6-12(13)8-10(11)4-1;;;/h2*1-9H;2*1H;/q2*-1;;;+4/p-2. The number of hydrogen-bond donors (Lipinski definition) is 0. The Labute approximate surface area is 202 Å². The molecule has 6 aromatic carbocycles. The Morgan fingerprint density at radius 1 is 0.414 bits per heavy atom. The van der Waals surface area contributed by atoms with Crippen LogP contribution in [0.25, 0.3) is 43.1 Å². The summed E-state index contributed by atoms with van der Waals surface area (Å²) < 4.78 is 0. The Morgan fingerprint density at radius 3 is 1.14 bits per heavy atom. The van der Waals surface area contributed by atoms with E-state index in [-0.39, 0.29) is 51.0 Å². The van der Waals surface area contributed by atoms with Gasteiger partial charge >= 0.3 is 26.2 Å². The number of rotatable bonds is 0. The third kappa shape index (κ3) is 4.81. The maximum absolute atomic E-state index is 2.24. The fraction of sp³-hybridized carbons (Fsp3) is 0. The molecule has 0 aliphatic carbocycles. The normalized spacial score (nSPS) is 9.93. The molecule has 29 heavy (non-hydrogen) atoms. The molecule has 0 unspecified atom stereocenters. The monoisotopic (exact) mass is 490 g/mol. The number of benzene rings is 4.